The molecule has 1 aromatic carbocycles. The maximum Gasteiger partial charge on any atom is 0.221 e. The number of hydrogen-bond donors (Lipinski definition) is 2. The maximum atomic E-state index is 11.6. The molecule has 2 N–H and O–H groups in total. The van der Waals surface area contributed by atoms with Crippen molar-refractivity contribution in [3.63, 3.8) is 0 Å². The van der Waals surface area contributed by atoms with Crippen molar-refractivity contribution in [2.75, 3.05) is 5.32 Å². The highest BCUT2D eigenvalue weighted by Gasteiger charge is 2.18. The van der Waals surface area contributed by atoms with Crippen LogP contribution in [0.2, 0.25) is 0 Å². The van der Waals surface area contributed by atoms with Gasteiger partial charge in [0.05, 0.1) is 6.07 Å². The van der Waals surface area contributed by atoms with Gasteiger partial charge in [0.2, 0.25) is 11.0 Å². The van der Waals surface area contributed by atoms with Crippen LogP contribution < -0.4 is 10.6 Å². The van der Waals surface area contributed by atoms with Crippen molar-refractivity contribution in [3.8, 4) is 6.07 Å². The third-order valence-electron chi connectivity index (χ3n) is 2.62. The number of carbonyl (C=O) groups excluding carboxylic acids is 1. The molecule has 0 bridgehead atoms. The summed E-state index contributed by atoms with van der Waals surface area (Å²) in [6, 6.07) is 10.8. The van der Waals surface area contributed by atoms with E-state index in [1.165, 1.54) is 11.3 Å². The van der Waals surface area contributed by atoms with Crippen LogP contribution in [0.25, 0.3) is 0 Å². The second-order valence-corrected chi connectivity index (χ2v) is 5.33. The minimum absolute atomic E-state index is 0.156. The second-order valence-electron chi connectivity index (χ2n) is 4.32. The average Bonchev–Trinajstić information content (AvgIpc) is 2.94. The SMILES string of the molecule is CCCC(=O)NC(C#N)c1nnc(Nc2ccccc2)s1. The van der Waals surface area contributed by atoms with Crippen molar-refractivity contribution in [1.29, 1.82) is 5.26 Å². The molecule has 0 aliphatic carbocycles. The van der Waals surface area contributed by atoms with Gasteiger partial charge < -0.3 is 10.6 Å². The number of carbonyl (C=O) groups is 1. The topological polar surface area (TPSA) is 90.7 Å². The molecule has 1 aromatic heterocycles. The molecule has 0 fully saturated rings. The van der Waals surface area contributed by atoms with Crippen LogP contribution in [0.4, 0.5) is 10.8 Å². The molecule has 2 aromatic rings. The van der Waals surface area contributed by atoms with Crippen molar-refractivity contribution in [2.24, 2.45) is 0 Å². The van der Waals surface area contributed by atoms with Gasteiger partial charge in [-0.05, 0) is 18.6 Å². The Labute approximate surface area is 126 Å². The molecule has 6 nitrogen and oxygen atoms in total. The minimum Gasteiger partial charge on any atom is -0.335 e. The van der Waals surface area contributed by atoms with Gasteiger partial charge >= 0.3 is 0 Å². The van der Waals surface area contributed by atoms with E-state index in [2.05, 4.69) is 20.8 Å². The number of amides is 1. The Balaban J connectivity index is 2.04. The van der Waals surface area contributed by atoms with Crippen LogP contribution in [0.3, 0.4) is 0 Å². The highest BCUT2D eigenvalue weighted by molar-refractivity contribution is 7.15. The quantitative estimate of drug-likeness (QED) is 0.856. The molecule has 1 heterocycles. The van der Waals surface area contributed by atoms with Crippen LogP contribution in [0.15, 0.2) is 30.3 Å². The van der Waals surface area contributed by atoms with E-state index < -0.39 is 6.04 Å². The first-order chi connectivity index (χ1) is 10.2. The van der Waals surface area contributed by atoms with Crippen molar-refractivity contribution in [1.82, 2.24) is 15.5 Å². The van der Waals surface area contributed by atoms with Gasteiger partial charge in [0, 0.05) is 12.1 Å². The largest absolute Gasteiger partial charge is 0.335 e. The average molecular weight is 301 g/mol. The fraction of sp³-hybridized carbons (Fsp3) is 0.286. The molecule has 0 radical (unpaired) electrons. The molecule has 1 unspecified atom stereocenters. The number of aromatic nitrogens is 2. The number of rotatable bonds is 6. The zero-order chi connectivity index (χ0) is 15.1. The summed E-state index contributed by atoms with van der Waals surface area (Å²) in [7, 11) is 0. The lowest BCUT2D eigenvalue weighted by Gasteiger charge is -2.07. The molecule has 108 valence electrons. The monoisotopic (exact) mass is 301 g/mol. The van der Waals surface area contributed by atoms with E-state index in [1.54, 1.807) is 0 Å². The van der Waals surface area contributed by atoms with E-state index in [-0.39, 0.29) is 5.91 Å². The fourth-order valence-electron chi connectivity index (χ4n) is 1.66. The predicted octanol–water partition coefficient (Wildman–Crippen LogP) is 2.76. The molecule has 0 saturated carbocycles. The summed E-state index contributed by atoms with van der Waals surface area (Å²) in [6.07, 6.45) is 1.13. The van der Waals surface area contributed by atoms with E-state index in [9.17, 15) is 4.79 Å². The standard InChI is InChI=1S/C14H15N5OS/c1-2-6-12(20)17-11(9-15)13-18-19-14(21-13)16-10-7-4-3-5-8-10/h3-5,7-8,11H,2,6H2,1H3,(H,16,19)(H,17,20). The normalized spacial score (nSPS) is 11.4. The Bertz CT molecular complexity index is 634. The van der Waals surface area contributed by atoms with Gasteiger partial charge in [0.15, 0.2) is 11.0 Å². The summed E-state index contributed by atoms with van der Waals surface area (Å²) in [5.74, 6) is -0.156. The molecular weight excluding hydrogens is 286 g/mol. The molecule has 2 rings (SSSR count). The Morgan fingerprint density at radius 2 is 2.14 bits per heavy atom. The molecular formula is C14H15N5OS. The lowest BCUT2D eigenvalue weighted by atomic mass is 10.3. The Morgan fingerprint density at radius 1 is 1.38 bits per heavy atom. The molecule has 0 aliphatic rings. The molecule has 0 saturated heterocycles. The number of nitrogens with one attached hydrogen (secondary N) is 2. The first-order valence-corrected chi connectivity index (χ1v) is 7.39. The van der Waals surface area contributed by atoms with E-state index in [1.807, 2.05) is 43.3 Å². The highest BCUT2D eigenvalue weighted by Crippen LogP contribution is 2.24. The second kappa shape index (κ2) is 7.36. The van der Waals surface area contributed by atoms with Gasteiger partial charge in [-0.1, -0.05) is 36.5 Å². The molecule has 0 spiro atoms. The van der Waals surface area contributed by atoms with Crippen molar-refractivity contribution in [2.45, 2.75) is 25.8 Å². The van der Waals surface area contributed by atoms with Crippen LogP contribution >= 0.6 is 11.3 Å². The molecule has 7 heteroatoms. The predicted molar refractivity (Wildman–Crippen MR) is 81.0 cm³/mol. The van der Waals surface area contributed by atoms with Gasteiger partial charge in [-0.2, -0.15) is 5.26 Å². The number of benzene rings is 1. The van der Waals surface area contributed by atoms with Crippen molar-refractivity contribution in [3.05, 3.63) is 35.3 Å². The summed E-state index contributed by atoms with van der Waals surface area (Å²) in [5.41, 5.74) is 0.892. The Hall–Kier alpha value is -2.46. The van der Waals surface area contributed by atoms with Crippen molar-refractivity contribution >= 4 is 28.1 Å². The van der Waals surface area contributed by atoms with E-state index in [4.69, 9.17) is 5.26 Å². The Kier molecular flexibility index (Phi) is 5.23. The van der Waals surface area contributed by atoms with Gasteiger partial charge in [0.25, 0.3) is 0 Å². The minimum atomic E-state index is -0.757. The van der Waals surface area contributed by atoms with Crippen LogP contribution in [0, 0.1) is 11.3 Å². The van der Waals surface area contributed by atoms with E-state index in [0.717, 1.165) is 12.1 Å². The molecule has 0 aliphatic heterocycles. The van der Waals surface area contributed by atoms with Gasteiger partial charge in [0.1, 0.15) is 0 Å². The van der Waals surface area contributed by atoms with Gasteiger partial charge in [-0.3, -0.25) is 4.79 Å². The number of hydrogen-bond acceptors (Lipinski definition) is 6. The van der Waals surface area contributed by atoms with E-state index >= 15 is 0 Å². The summed E-state index contributed by atoms with van der Waals surface area (Å²) >= 11 is 1.25. The summed E-state index contributed by atoms with van der Waals surface area (Å²) < 4.78 is 0. The number of nitrogens with zero attached hydrogens (tertiary/aromatic N) is 3. The zero-order valence-electron chi connectivity index (χ0n) is 11.5. The first kappa shape index (κ1) is 14.9. The lowest BCUT2D eigenvalue weighted by molar-refractivity contribution is -0.121. The summed E-state index contributed by atoms with van der Waals surface area (Å²) in [6.45, 7) is 1.91. The summed E-state index contributed by atoms with van der Waals surface area (Å²) in [4.78, 5) is 11.6. The first-order valence-electron chi connectivity index (χ1n) is 6.57. The molecule has 1 atom stereocenters. The third kappa shape index (κ3) is 4.26. The van der Waals surface area contributed by atoms with Crippen LogP contribution in [0.5, 0.6) is 0 Å². The number of anilines is 2. The van der Waals surface area contributed by atoms with Crippen LogP contribution in [0.1, 0.15) is 30.8 Å². The van der Waals surface area contributed by atoms with Crippen LogP contribution in [-0.4, -0.2) is 16.1 Å². The molecule has 1 amide bonds. The maximum absolute atomic E-state index is 11.6. The fourth-order valence-corrected chi connectivity index (χ4v) is 2.42. The smallest absolute Gasteiger partial charge is 0.221 e. The number of para-hydroxylation sites is 1. The van der Waals surface area contributed by atoms with Gasteiger partial charge in [-0.15, -0.1) is 10.2 Å². The Morgan fingerprint density at radius 3 is 2.81 bits per heavy atom. The van der Waals surface area contributed by atoms with E-state index in [0.29, 0.717) is 16.6 Å². The lowest BCUT2D eigenvalue weighted by Crippen LogP contribution is -2.27. The van der Waals surface area contributed by atoms with Crippen LogP contribution in [-0.2, 0) is 4.79 Å². The molecule has 21 heavy (non-hydrogen) atoms. The number of nitriles is 1. The highest BCUT2D eigenvalue weighted by atomic mass is 32.1. The third-order valence-corrected chi connectivity index (χ3v) is 3.53. The van der Waals surface area contributed by atoms with Gasteiger partial charge in [-0.25, -0.2) is 0 Å². The van der Waals surface area contributed by atoms with Crippen molar-refractivity contribution < 1.29 is 4.79 Å². The zero-order valence-corrected chi connectivity index (χ0v) is 12.4. The summed E-state index contributed by atoms with van der Waals surface area (Å²) in [5, 5.41) is 23.9.